The van der Waals surface area contributed by atoms with Crippen LogP contribution in [0.2, 0.25) is 0 Å². The SMILES string of the molecule is CCNC(=NCCOc1cccc(NC(C)=O)c1)N1CCC(COCc2ccccc2)C1. The first kappa shape index (κ1) is 23.6. The summed E-state index contributed by atoms with van der Waals surface area (Å²) in [7, 11) is 0. The molecule has 3 rings (SSSR count). The molecule has 1 amide bonds. The lowest BCUT2D eigenvalue weighted by molar-refractivity contribution is -0.114. The van der Waals surface area contributed by atoms with E-state index in [2.05, 4.69) is 34.6 Å². The number of rotatable bonds is 10. The Morgan fingerprint density at radius 2 is 2.03 bits per heavy atom. The van der Waals surface area contributed by atoms with Gasteiger partial charge in [0, 0.05) is 44.2 Å². The fourth-order valence-electron chi connectivity index (χ4n) is 3.69. The van der Waals surface area contributed by atoms with Gasteiger partial charge in [-0.05, 0) is 31.0 Å². The van der Waals surface area contributed by atoms with Gasteiger partial charge in [0.25, 0.3) is 0 Å². The average molecular weight is 439 g/mol. The number of ether oxygens (including phenoxy) is 2. The van der Waals surface area contributed by atoms with Crippen LogP contribution in [-0.4, -0.2) is 56.2 Å². The zero-order valence-electron chi connectivity index (χ0n) is 19.0. The molecule has 32 heavy (non-hydrogen) atoms. The molecule has 172 valence electrons. The molecule has 2 aromatic carbocycles. The van der Waals surface area contributed by atoms with Crippen molar-refractivity contribution < 1.29 is 14.3 Å². The number of likely N-dealkylation sites (tertiary alicyclic amines) is 1. The largest absolute Gasteiger partial charge is 0.492 e. The van der Waals surface area contributed by atoms with Crippen molar-refractivity contribution in [3.05, 3.63) is 60.2 Å². The summed E-state index contributed by atoms with van der Waals surface area (Å²) < 4.78 is 11.8. The van der Waals surface area contributed by atoms with E-state index < -0.39 is 0 Å². The van der Waals surface area contributed by atoms with E-state index in [9.17, 15) is 4.79 Å². The van der Waals surface area contributed by atoms with Gasteiger partial charge in [0.05, 0.1) is 19.8 Å². The van der Waals surface area contributed by atoms with Crippen LogP contribution in [0.4, 0.5) is 5.69 Å². The molecule has 0 aliphatic carbocycles. The van der Waals surface area contributed by atoms with Crippen molar-refractivity contribution >= 4 is 17.6 Å². The summed E-state index contributed by atoms with van der Waals surface area (Å²) in [5, 5.41) is 6.15. The van der Waals surface area contributed by atoms with Gasteiger partial charge in [-0.1, -0.05) is 36.4 Å². The predicted octanol–water partition coefficient (Wildman–Crippen LogP) is 3.53. The van der Waals surface area contributed by atoms with Gasteiger partial charge < -0.3 is 25.0 Å². The lowest BCUT2D eigenvalue weighted by Gasteiger charge is -2.21. The van der Waals surface area contributed by atoms with Crippen LogP contribution < -0.4 is 15.4 Å². The zero-order valence-corrected chi connectivity index (χ0v) is 19.0. The molecule has 1 fully saturated rings. The van der Waals surface area contributed by atoms with Crippen LogP contribution in [0.15, 0.2) is 59.6 Å². The number of hydrogen-bond donors (Lipinski definition) is 2. The summed E-state index contributed by atoms with van der Waals surface area (Å²) >= 11 is 0. The van der Waals surface area contributed by atoms with Crippen LogP contribution in [0.3, 0.4) is 0 Å². The van der Waals surface area contributed by atoms with Gasteiger partial charge in [0.2, 0.25) is 5.91 Å². The molecule has 0 aromatic heterocycles. The normalized spacial score (nSPS) is 16.1. The monoisotopic (exact) mass is 438 g/mol. The molecule has 2 N–H and O–H groups in total. The fourth-order valence-corrected chi connectivity index (χ4v) is 3.69. The maximum Gasteiger partial charge on any atom is 0.221 e. The maximum atomic E-state index is 11.2. The molecule has 0 bridgehead atoms. The number of nitrogens with zero attached hydrogens (tertiary/aromatic N) is 2. The van der Waals surface area contributed by atoms with E-state index in [1.807, 2.05) is 42.5 Å². The molecule has 0 radical (unpaired) electrons. The Morgan fingerprint density at radius 1 is 1.19 bits per heavy atom. The highest BCUT2D eigenvalue weighted by atomic mass is 16.5. The lowest BCUT2D eigenvalue weighted by Crippen LogP contribution is -2.40. The molecule has 1 aliphatic heterocycles. The third kappa shape index (κ3) is 7.89. The van der Waals surface area contributed by atoms with Gasteiger partial charge in [0.1, 0.15) is 12.4 Å². The number of carbonyl (C=O) groups is 1. The van der Waals surface area contributed by atoms with Crippen LogP contribution >= 0.6 is 0 Å². The third-order valence-electron chi connectivity index (χ3n) is 5.16. The van der Waals surface area contributed by atoms with Crippen molar-refractivity contribution in [2.45, 2.75) is 26.9 Å². The first-order valence-corrected chi connectivity index (χ1v) is 11.3. The fraction of sp³-hybridized carbons (Fsp3) is 0.440. The van der Waals surface area contributed by atoms with E-state index >= 15 is 0 Å². The van der Waals surface area contributed by atoms with Crippen molar-refractivity contribution in [3.8, 4) is 5.75 Å². The summed E-state index contributed by atoms with van der Waals surface area (Å²) in [6.45, 7) is 8.76. The Morgan fingerprint density at radius 3 is 2.81 bits per heavy atom. The standard InChI is InChI=1S/C25H34N4O3/c1-3-26-25(27-13-15-32-24-11-7-10-23(16-24)28-20(2)30)29-14-12-22(17-29)19-31-18-21-8-5-4-6-9-21/h4-11,16,22H,3,12-15,17-19H2,1-2H3,(H,26,27)(H,28,30). The molecule has 2 aromatic rings. The summed E-state index contributed by atoms with van der Waals surface area (Å²) in [5.41, 5.74) is 1.93. The van der Waals surface area contributed by atoms with Crippen LogP contribution in [0.1, 0.15) is 25.8 Å². The summed E-state index contributed by atoms with van der Waals surface area (Å²) in [5.74, 6) is 2.05. The quantitative estimate of drug-likeness (QED) is 0.337. The Labute approximate surface area is 190 Å². The highest BCUT2D eigenvalue weighted by Crippen LogP contribution is 2.18. The second-order valence-corrected chi connectivity index (χ2v) is 7.89. The first-order chi connectivity index (χ1) is 15.6. The van der Waals surface area contributed by atoms with Crippen LogP contribution in [-0.2, 0) is 16.1 Å². The molecule has 1 unspecified atom stereocenters. The molecule has 0 spiro atoms. The first-order valence-electron chi connectivity index (χ1n) is 11.3. The van der Waals surface area contributed by atoms with Crippen LogP contribution in [0, 0.1) is 5.92 Å². The molecule has 0 saturated carbocycles. The van der Waals surface area contributed by atoms with Crippen molar-refractivity contribution in [3.63, 3.8) is 0 Å². The Hall–Kier alpha value is -3.06. The van der Waals surface area contributed by atoms with Gasteiger partial charge in [-0.15, -0.1) is 0 Å². The number of carbonyl (C=O) groups excluding carboxylic acids is 1. The second-order valence-electron chi connectivity index (χ2n) is 7.89. The smallest absolute Gasteiger partial charge is 0.221 e. The number of anilines is 1. The van der Waals surface area contributed by atoms with E-state index in [0.29, 0.717) is 31.4 Å². The number of nitrogens with one attached hydrogen (secondary N) is 2. The summed E-state index contributed by atoms with van der Waals surface area (Å²) in [6, 6.07) is 17.7. The van der Waals surface area contributed by atoms with Gasteiger partial charge in [-0.25, -0.2) is 4.99 Å². The molecular formula is C25H34N4O3. The highest BCUT2D eigenvalue weighted by molar-refractivity contribution is 5.88. The Bertz CT molecular complexity index is 873. The molecule has 1 saturated heterocycles. The van der Waals surface area contributed by atoms with E-state index in [1.165, 1.54) is 12.5 Å². The minimum absolute atomic E-state index is 0.101. The van der Waals surface area contributed by atoms with E-state index in [0.717, 1.165) is 44.3 Å². The third-order valence-corrected chi connectivity index (χ3v) is 5.16. The minimum Gasteiger partial charge on any atom is -0.492 e. The topological polar surface area (TPSA) is 75.2 Å². The number of guanidine groups is 1. The molecule has 1 atom stereocenters. The van der Waals surface area contributed by atoms with Crippen molar-refractivity contribution in [2.24, 2.45) is 10.9 Å². The number of aliphatic imine (C=N–C) groups is 1. The van der Waals surface area contributed by atoms with E-state index in [4.69, 9.17) is 14.5 Å². The average Bonchev–Trinajstić information content (AvgIpc) is 3.25. The highest BCUT2D eigenvalue weighted by Gasteiger charge is 2.25. The number of amides is 1. The Balaban J connectivity index is 1.42. The van der Waals surface area contributed by atoms with Gasteiger partial charge in [-0.3, -0.25) is 4.79 Å². The molecule has 1 heterocycles. The minimum atomic E-state index is -0.101. The predicted molar refractivity (Wildman–Crippen MR) is 128 cm³/mol. The van der Waals surface area contributed by atoms with Crippen LogP contribution in [0.25, 0.3) is 0 Å². The second kappa shape index (κ2) is 12.7. The number of hydrogen-bond acceptors (Lipinski definition) is 4. The van der Waals surface area contributed by atoms with Crippen molar-refractivity contribution in [2.75, 3.05) is 44.7 Å². The van der Waals surface area contributed by atoms with Gasteiger partial charge >= 0.3 is 0 Å². The molecule has 7 heteroatoms. The maximum absolute atomic E-state index is 11.2. The molecule has 1 aliphatic rings. The van der Waals surface area contributed by atoms with E-state index in [-0.39, 0.29) is 5.91 Å². The Kier molecular flexibility index (Phi) is 9.37. The molecular weight excluding hydrogens is 404 g/mol. The molecule has 7 nitrogen and oxygen atoms in total. The van der Waals surface area contributed by atoms with Crippen LogP contribution in [0.5, 0.6) is 5.75 Å². The van der Waals surface area contributed by atoms with E-state index in [1.54, 1.807) is 0 Å². The van der Waals surface area contributed by atoms with Gasteiger partial charge in [0.15, 0.2) is 5.96 Å². The summed E-state index contributed by atoms with van der Waals surface area (Å²) in [4.78, 5) is 18.2. The lowest BCUT2D eigenvalue weighted by atomic mass is 10.1. The summed E-state index contributed by atoms with van der Waals surface area (Å²) in [6.07, 6.45) is 1.10. The van der Waals surface area contributed by atoms with Gasteiger partial charge in [-0.2, -0.15) is 0 Å². The van der Waals surface area contributed by atoms with Crippen molar-refractivity contribution in [1.29, 1.82) is 0 Å². The zero-order chi connectivity index (χ0) is 22.6. The van der Waals surface area contributed by atoms with Crippen molar-refractivity contribution in [1.82, 2.24) is 10.2 Å². The number of benzene rings is 2.